The number of ether oxygens (including phenoxy) is 3. The Hall–Kier alpha value is -2.59. The molecule has 0 atom stereocenters. The summed E-state index contributed by atoms with van der Waals surface area (Å²) in [6.07, 6.45) is 5.68. The molecule has 0 saturated carbocycles. The Kier molecular flexibility index (Phi) is 9.76. The lowest BCUT2D eigenvalue weighted by molar-refractivity contribution is -0.143. The summed E-state index contributed by atoms with van der Waals surface area (Å²) in [5.41, 5.74) is 0.749. The molecular weight excluding hydrogens is 476 g/mol. The number of methoxy groups -OCH3 is 1. The molecule has 2 amide bonds. The maximum Gasteiger partial charge on any atom is 0.305 e. The molecule has 0 spiro atoms. The number of carbonyl (C=O) groups is 3. The van der Waals surface area contributed by atoms with Crippen molar-refractivity contribution in [2.45, 2.75) is 39.0 Å². The number of carbonyl (C=O) groups excluding carboxylic acids is 3. The summed E-state index contributed by atoms with van der Waals surface area (Å²) in [6.45, 7) is 3.97. The van der Waals surface area contributed by atoms with Gasteiger partial charge in [0.2, 0.25) is 0 Å². The minimum absolute atomic E-state index is 0.0301. The van der Waals surface area contributed by atoms with Gasteiger partial charge < -0.3 is 19.1 Å². The molecule has 1 aromatic rings. The number of hydrogen-bond donors (Lipinski definition) is 0. The molecule has 2 fully saturated rings. The van der Waals surface area contributed by atoms with Gasteiger partial charge in [-0.1, -0.05) is 30.0 Å². The van der Waals surface area contributed by atoms with Crippen LogP contribution < -0.4 is 9.47 Å². The predicted octanol–water partition coefficient (Wildman–Crippen LogP) is 3.63. The molecule has 10 heteroatoms. The Morgan fingerprint density at radius 2 is 1.94 bits per heavy atom. The SMILES string of the molecule is CCOC(=O)CCCN1C(=O)/C(=C\c2ccc(OCC(=O)N3CCCCC3)c(OC)c2)SC1=S. The Bertz CT molecular complexity index is 959. The van der Waals surface area contributed by atoms with Crippen molar-refractivity contribution >= 4 is 52.2 Å². The van der Waals surface area contributed by atoms with Crippen molar-refractivity contribution in [2.24, 2.45) is 0 Å². The number of hydrogen-bond acceptors (Lipinski definition) is 8. The first-order valence-electron chi connectivity index (χ1n) is 11.4. The fraction of sp³-hybridized carbons (Fsp3) is 0.500. The van der Waals surface area contributed by atoms with Gasteiger partial charge in [0.15, 0.2) is 18.1 Å². The van der Waals surface area contributed by atoms with Crippen molar-refractivity contribution in [2.75, 3.05) is 40.0 Å². The minimum Gasteiger partial charge on any atom is -0.493 e. The van der Waals surface area contributed by atoms with Crippen molar-refractivity contribution in [1.82, 2.24) is 9.80 Å². The van der Waals surface area contributed by atoms with E-state index in [1.54, 1.807) is 31.2 Å². The van der Waals surface area contributed by atoms with Crippen LogP contribution in [-0.4, -0.2) is 71.9 Å². The highest BCUT2D eigenvalue weighted by atomic mass is 32.2. The second-order valence-corrected chi connectivity index (χ2v) is 9.56. The molecule has 1 aromatic carbocycles. The highest BCUT2D eigenvalue weighted by Gasteiger charge is 2.31. The van der Waals surface area contributed by atoms with Gasteiger partial charge in [-0.15, -0.1) is 0 Å². The number of thioether (sulfide) groups is 1. The normalized spacial score (nSPS) is 17.3. The topological polar surface area (TPSA) is 85.4 Å². The van der Waals surface area contributed by atoms with E-state index in [9.17, 15) is 14.4 Å². The van der Waals surface area contributed by atoms with E-state index in [1.807, 2.05) is 4.90 Å². The van der Waals surface area contributed by atoms with Gasteiger partial charge in [-0.25, -0.2) is 0 Å². The molecular formula is C24H30N2O6S2. The summed E-state index contributed by atoms with van der Waals surface area (Å²) in [5, 5.41) is 0. The zero-order valence-electron chi connectivity index (χ0n) is 19.5. The Morgan fingerprint density at radius 1 is 1.18 bits per heavy atom. The predicted molar refractivity (Wildman–Crippen MR) is 135 cm³/mol. The number of benzene rings is 1. The highest BCUT2D eigenvalue weighted by molar-refractivity contribution is 8.26. The lowest BCUT2D eigenvalue weighted by Gasteiger charge is -2.26. The van der Waals surface area contributed by atoms with Crippen LogP contribution in [0.25, 0.3) is 6.08 Å². The van der Waals surface area contributed by atoms with Crippen LogP contribution in [0.1, 0.15) is 44.6 Å². The quantitative estimate of drug-likeness (QED) is 0.270. The van der Waals surface area contributed by atoms with Gasteiger partial charge in [-0.3, -0.25) is 19.3 Å². The van der Waals surface area contributed by atoms with Crippen molar-refractivity contribution in [1.29, 1.82) is 0 Å². The van der Waals surface area contributed by atoms with Crippen LogP contribution >= 0.6 is 24.0 Å². The van der Waals surface area contributed by atoms with Crippen molar-refractivity contribution < 1.29 is 28.6 Å². The molecule has 3 rings (SSSR count). The summed E-state index contributed by atoms with van der Waals surface area (Å²) < 4.78 is 16.5. The van der Waals surface area contributed by atoms with E-state index in [1.165, 1.54) is 23.8 Å². The highest BCUT2D eigenvalue weighted by Crippen LogP contribution is 2.35. The molecule has 0 N–H and O–H groups in total. The summed E-state index contributed by atoms with van der Waals surface area (Å²) in [4.78, 5) is 40.5. The average molecular weight is 507 g/mol. The maximum absolute atomic E-state index is 12.8. The fourth-order valence-electron chi connectivity index (χ4n) is 3.73. The molecule has 2 heterocycles. The van der Waals surface area contributed by atoms with Crippen LogP contribution in [0, 0.1) is 0 Å². The van der Waals surface area contributed by atoms with E-state index in [0.717, 1.165) is 37.9 Å². The molecule has 184 valence electrons. The van der Waals surface area contributed by atoms with Gasteiger partial charge >= 0.3 is 5.97 Å². The summed E-state index contributed by atoms with van der Waals surface area (Å²) >= 11 is 6.58. The third-order valence-corrected chi connectivity index (χ3v) is 6.86. The van der Waals surface area contributed by atoms with Gasteiger partial charge in [-0.05, 0) is 56.4 Å². The molecule has 0 unspecified atom stereocenters. The zero-order chi connectivity index (χ0) is 24.5. The van der Waals surface area contributed by atoms with Crippen molar-refractivity contribution in [3.8, 4) is 11.5 Å². The average Bonchev–Trinajstić information content (AvgIpc) is 3.10. The number of esters is 1. The summed E-state index contributed by atoms with van der Waals surface area (Å²) in [7, 11) is 1.53. The molecule has 0 aromatic heterocycles. The van der Waals surface area contributed by atoms with Crippen LogP contribution in [0.15, 0.2) is 23.1 Å². The van der Waals surface area contributed by atoms with E-state index in [-0.39, 0.29) is 30.8 Å². The first kappa shape index (κ1) is 26.0. The van der Waals surface area contributed by atoms with E-state index < -0.39 is 0 Å². The summed E-state index contributed by atoms with van der Waals surface area (Å²) in [6, 6.07) is 5.29. The van der Waals surface area contributed by atoms with Crippen LogP contribution in [0.5, 0.6) is 11.5 Å². The van der Waals surface area contributed by atoms with E-state index >= 15 is 0 Å². The van der Waals surface area contributed by atoms with E-state index in [2.05, 4.69) is 0 Å². The van der Waals surface area contributed by atoms with Crippen LogP contribution in [0.4, 0.5) is 0 Å². The number of piperidine rings is 1. The number of thiocarbonyl (C=S) groups is 1. The number of rotatable bonds is 10. The maximum atomic E-state index is 12.8. The first-order valence-corrected chi connectivity index (χ1v) is 12.6. The molecule has 0 aliphatic carbocycles. The third kappa shape index (κ3) is 6.96. The minimum atomic E-state index is -0.282. The van der Waals surface area contributed by atoms with Crippen LogP contribution in [0.3, 0.4) is 0 Å². The number of nitrogens with zero attached hydrogens (tertiary/aromatic N) is 2. The lowest BCUT2D eigenvalue weighted by Crippen LogP contribution is -2.38. The van der Waals surface area contributed by atoms with Crippen LogP contribution in [0.2, 0.25) is 0 Å². The van der Waals surface area contributed by atoms with Gasteiger partial charge in [0.25, 0.3) is 11.8 Å². The first-order chi connectivity index (χ1) is 16.4. The second kappa shape index (κ2) is 12.8. The van der Waals surface area contributed by atoms with Gasteiger partial charge in [0.05, 0.1) is 18.6 Å². The Balaban J connectivity index is 1.60. The number of amides is 2. The molecule has 2 aliphatic rings. The smallest absolute Gasteiger partial charge is 0.305 e. The second-order valence-electron chi connectivity index (χ2n) is 7.88. The molecule has 8 nitrogen and oxygen atoms in total. The van der Waals surface area contributed by atoms with Crippen molar-refractivity contribution in [3.63, 3.8) is 0 Å². The van der Waals surface area contributed by atoms with Gasteiger partial charge in [0, 0.05) is 26.1 Å². The van der Waals surface area contributed by atoms with Crippen molar-refractivity contribution in [3.05, 3.63) is 28.7 Å². The summed E-state index contributed by atoms with van der Waals surface area (Å²) in [5.74, 6) is 0.444. The standard InChI is InChI=1S/C24H30N2O6S2/c1-3-31-22(28)8-7-13-26-23(29)20(34-24(26)33)15-17-9-10-18(19(14-17)30-2)32-16-21(27)25-11-5-4-6-12-25/h9-10,14-15H,3-8,11-13,16H2,1-2H3/b20-15+. The lowest BCUT2D eigenvalue weighted by atomic mass is 10.1. The molecule has 0 bridgehead atoms. The third-order valence-electron chi connectivity index (χ3n) is 5.49. The monoisotopic (exact) mass is 506 g/mol. The van der Waals surface area contributed by atoms with Gasteiger partial charge in [-0.2, -0.15) is 0 Å². The van der Waals surface area contributed by atoms with E-state index in [4.69, 9.17) is 26.4 Å². The van der Waals surface area contributed by atoms with E-state index in [0.29, 0.717) is 40.3 Å². The Labute approximate surface area is 209 Å². The zero-order valence-corrected chi connectivity index (χ0v) is 21.2. The largest absolute Gasteiger partial charge is 0.493 e. The molecule has 2 saturated heterocycles. The molecule has 0 radical (unpaired) electrons. The van der Waals surface area contributed by atoms with Crippen LogP contribution in [-0.2, 0) is 19.1 Å². The fourth-order valence-corrected chi connectivity index (χ4v) is 5.03. The number of likely N-dealkylation sites (tertiary alicyclic amines) is 1. The Morgan fingerprint density at radius 3 is 2.65 bits per heavy atom. The molecule has 2 aliphatic heterocycles. The van der Waals surface area contributed by atoms with Gasteiger partial charge in [0.1, 0.15) is 4.32 Å². The molecule has 34 heavy (non-hydrogen) atoms.